The standard InChI is InChI=1S/C17H18BrN5O2S/c18-14-1-3-15(4-2-14)26(24,25)22-12-13-5-9-23(10-6-13)17-16(11-19)20-7-8-21-17/h1-4,7-8,13,22H,5-6,9-10,12H2. The summed E-state index contributed by atoms with van der Waals surface area (Å²) in [6, 6.07) is 8.63. The Morgan fingerprint density at radius 3 is 2.50 bits per heavy atom. The van der Waals surface area contributed by atoms with E-state index in [0.717, 1.165) is 30.4 Å². The minimum atomic E-state index is -3.50. The average molecular weight is 436 g/mol. The Balaban J connectivity index is 1.56. The summed E-state index contributed by atoms with van der Waals surface area (Å²) in [4.78, 5) is 10.6. The number of aromatic nitrogens is 2. The van der Waals surface area contributed by atoms with Crippen LogP contribution in [0.1, 0.15) is 18.5 Å². The lowest BCUT2D eigenvalue weighted by Crippen LogP contribution is -2.39. The number of rotatable bonds is 5. The Kier molecular flexibility index (Phi) is 5.86. The summed E-state index contributed by atoms with van der Waals surface area (Å²) in [5, 5.41) is 9.14. The largest absolute Gasteiger partial charge is 0.354 e. The van der Waals surface area contributed by atoms with E-state index in [-0.39, 0.29) is 10.8 Å². The third kappa shape index (κ3) is 4.38. The van der Waals surface area contributed by atoms with E-state index in [1.807, 2.05) is 4.90 Å². The number of sulfonamides is 1. The zero-order valence-electron chi connectivity index (χ0n) is 14.0. The van der Waals surface area contributed by atoms with Gasteiger partial charge in [-0.3, -0.25) is 0 Å². The van der Waals surface area contributed by atoms with Gasteiger partial charge in [0, 0.05) is 36.5 Å². The molecule has 26 heavy (non-hydrogen) atoms. The van der Waals surface area contributed by atoms with Crippen molar-refractivity contribution in [3.05, 3.63) is 46.8 Å². The summed E-state index contributed by atoms with van der Waals surface area (Å²) in [7, 11) is -3.50. The molecule has 1 aromatic carbocycles. The summed E-state index contributed by atoms with van der Waals surface area (Å²) in [5.74, 6) is 0.850. The van der Waals surface area contributed by atoms with Crippen molar-refractivity contribution < 1.29 is 8.42 Å². The monoisotopic (exact) mass is 435 g/mol. The molecule has 1 N–H and O–H groups in total. The molecule has 1 aliphatic rings. The number of hydrogen-bond donors (Lipinski definition) is 1. The van der Waals surface area contributed by atoms with E-state index < -0.39 is 10.0 Å². The maximum Gasteiger partial charge on any atom is 0.240 e. The zero-order valence-corrected chi connectivity index (χ0v) is 16.4. The van der Waals surface area contributed by atoms with Crippen molar-refractivity contribution in [2.75, 3.05) is 24.5 Å². The lowest BCUT2D eigenvalue weighted by Gasteiger charge is -2.32. The molecule has 0 saturated carbocycles. The van der Waals surface area contributed by atoms with E-state index in [9.17, 15) is 8.42 Å². The second-order valence-corrected chi connectivity index (χ2v) is 8.76. The first kappa shape index (κ1) is 18.8. The van der Waals surface area contributed by atoms with Gasteiger partial charge in [-0.25, -0.2) is 23.1 Å². The Hall–Kier alpha value is -2.02. The van der Waals surface area contributed by atoms with E-state index in [1.54, 1.807) is 30.5 Å². The summed E-state index contributed by atoms with van der Waals surface area (Å²) in [5.41, 5.74) is 0.321. The second kappa shape index (κ2) is 8.12. The first-order valence-electron chi connectivity index (χ1n) is 8.21. The predicted molar refractivity (Wildman–Crippen MR) is 101 cm³/mol. The Morgan fingerprint density at radius 2 is 1.85 bits per heavy atom. The highest BCUT2D eigenvalue weighted by Gasteiger charge is 2.24. The molecule has 1 aromatic heterocycles. The van der Waals surface area contributed by atoms with E-state index in [4.69, 9.17) is 5.26 Å². The van der Waals surface area contributed by atoms with Gasteiger partial charge in [-0.1, -0.05) is 15.9 Å². The van der Waals surface area contributed by atoms with E-state index >= 15 is 0 Å². The van der Waals surface area contributed by atoms with Crippen molar-refractivity contribution >= 4 is 31.8 Å². The fraction of sp³-hybridized carbons (Fsp3) is 0.353. The van der Waals surface area contributed by atoms with Crippen molar-refractivity contribution in [3.63, 3.8) is 0 Å². The van der Waals surface area contributed by atoms with Crippen molar-refractivity contribution in [1.29, 1.82) is 5.26 Å². The van der Waals surface area contributed by atoms with Crippen molar-refractivity contribution in [1.82, 2.24) is 14.7 Å². The van der Waals surface area contributed by atoms with Gasteiger partial charge in [0.25, 0.3) is 0 Å². The summed E-state index contributed by atoms with van der Waals surface area (Å²) in [6.07, 6.45) is 4.73. The van der Waals surface area contributed by atoms with Crippen LogP contribution in [0.4, 0.5) is 5.82 Å². The van der Waals surface area contributed by atoms with Crippen LogP contribution in [0.3, 0.4) is 0 Å². The number of anilines is 1. The molecule has 0 amide bonds. The average Bonchev–Trinajstić information content (AvgIpc) is 2.67. The number of nitrogens with zero attached hydrogens (tertiary/aromatic N) is 4. The van der Waals surface area contributed by atoms with Crippen molar-refractivity contribution in [3.8, 4) is 6.07 Å². The molecule has 9 heteroatoms. The van der Waals surface area contributed by atoms with Gasteiger partial charge < -0.3 is 4.90 Å². The Morgan fingerprint density at radius 1 is 1.19 bits per heavy atom. The number of benzene rings is 1. The maximum absolute atomic E-state index is 12.4. The van der Waals surface area contributed by atoms with Crippen LogP contribution in [0, 0.1) is 17.2 Å². The molecule has 0 aliphatic carbocycles. The number of hydrogen-bond acceptors (Lipinski definition) is 6. The number of nitriles is 1. The quantitative estimate of drug-likeness (QED) is 0.773. The van der Waals surface area contributed by atoms with Gasteiger partial charge in [0.05, 0.1) is 4.90 Å². The van der Waals surface area contributed by atoms with Crippen LogP contribution in [0.2, 0.25) is 0 Å². The van der Waals surface area contributed by atoms with Gasteiger partial charge in [-0.05, 0) is 43.0 Å². The third-order valence-corrected chi connectivity index (χ3v) is 6.35. The predicted octanol–water partition coefficient (Wildman–Crippen LogP) is 2.31. The van der Waals surface area contributed by atoms with Crippen LogP contribution < -0.4 is 9.62 Å². The molecule has 2 heterocycles. The first-order valence-corrected chi connectivity index (χ1v) is 10.5. The van der Waals surface area contributed by atoms with Crippen LogP contribution >= 0.6 is 15.9 Å². The summed E-state index contributed by atoms with van der Waals surface area (Å²) >= 11 is 3.30. The smallest absolute Gasteiger partial charge is 0.240 e. The van der Waals surface area contributed by atoms with E-state index in [2.05, 4.69) is 36.7 Å². The van der Waals surface area contributed by atoms with E-state index in [0.29, 0.717) is 18.1 Å². The van der Waals surface area contributed by atoms with Crippen LogP contribution in [-0.4, -0.2) is 38.0 Å². The molecule has 1 aliphatic heterocycles. The van der Waals surface area contributed by atoms with Gasteiger partial charge >= 0.3 is 0 Å². The highest BCUT2D eigenvalue weighted by atomic mass is 79.9. The van der Waals surface area contributed by atoms with Crippen molar-refractivity contribution in [2.45, 2.75) is 17.7 Å². The third-order valence-electron chi connectivity index (χ3n) is 4.38. The van der Waals surface area contributed by atoms with E-state index in [1.165, 1.54) is 6.20 Å². The van der Waals surface area contributed by atoms with Gasteiger partial charge in [0.2, 0.25) is 10.0 Å². The molecule has 1 saturated heterocycles. The maximum atomic E-state index is 12.4. The number of halogens is 1. The van der Waals surface area contributed by atoms with Crippen molar-refractivity contribution in [2.24, 2.45) is 5.92 Å². The Labute approximate surface area is 161 Å². The summed E-state index contributed by atoms with van der Waals surface area (Å²) in [6.45, 7) is 1.84. The van der Waals surface area contributed by atoms with Gasteiger partial charge in [-0.15, -0.1) is 0 Å². The molecular formula is C17H18BrN5O2S. The molecule has 136 valence electrons. The zero-order chi connectivity index (χ0) is 18.6. The molecule has 1 fully saturated rings. The van der Waals surface area contributed by atoms with Crippen LogP contribution in [-0.2, 0) is 10.0 Å². The topological polar surface area (TPSA) is 99.0 Å². The van der Waals surface area contributed by atoms with Crippen LogP contribution in [0.15, 0.2) is 46.0 Å². The first-order chi connectivity index (χ1) is 12.5. The molecule has 3 rings (SSSR count). The highest BCUT2D eigenvalue weighted by Crippen LogP contribution is 2.23. The lowest BCUT2D eigenvalue weighted by atomic mass is 9.97. The fourth-order valence-corrected chi connectivity index (χ4v) is 4.30. The van der Waals surface area contributed by atoms with Crippen LogP contribution in [0.25, 0.3) is 0 Å². The molecule has 7 nitrogen and oxygen atoms in total. The molecule has 0 spiro atoms. The molecule has 0 atom stereocenters. The summed E-state index contributed by atoms with van der Waals surface area (Å²) < 4.78 is 28.3. The van der Waals surface area contributed by atoms with Gasteiger partial charge in [0.15, 0.2) is 11.5 Å². The molecule has 0 bridgehead atoms. The molecule has 0 unspecified atom stereocenters. The van der Waals surface area contributed by atoms with Gasteiger partial charge in [-0.2, -0.15) is 5.26 Å². The fourth-order valence-electron chi connectivity index (χ4n) is 2.91. The number of piperidine rings is 1. The normalized spacial score (nSPS) is 15.6. The minimum Gasteiger partial charge on any atom is -0.354 e. The van der Waals surface area contributed by atoms with Gasteiger partial charge in [0.1, 0.15) is 6.07 Å². The molecular weight excluding hydrogens is 418 g/mol. The molecule has 0 radical (unpaired) electrons. The second-order valence-electron chi connectivity index (χ2n) is 6.08. The highest BCUT2D eigenvalue weighted by molar-refractivity contribution is 9.10. The number of nitrogens with one attached hydrogen (secondary N) is 1. The SMILES string of the molecule is N#Cc1nccnc1N1CCC(CNS(=O)(=O)c2ccc(Br)cc2)CC1. The lowest BCUT2D eigenvalue weighted by molar-refractivity contribution is 0.400. The molecule has 2 aromatic rings. The van der Waals surface area contributed by atoms with Crippen LogP contribution in [0.5, 0.6) is 0 Å². The Bertz CT molecular complexity index is 903. The minimum absolute atomic E-state index is 0.249.